The van der Waals surface area contributed by atoms with Gasteiger partial charge in [-0.25, -0.2) is 0 Å². The molecule has 0 heterocycles. The molecule has 1 aliphatic rings. The molecule has 1 fully saturated rings. The maximum absolute atomic E-state index is 9.00. The highest BCUT2D eigenvalue weighted by Gasteiger charge is 2.24. The van der Waals surface area contributed by atoms with Crippen LogP contribution in [0.4, 0.5) is 0 Å². The molecule has 0 bridgehead atoms. The number of hydrogen-bond acceptors (Lipinski definition) is 3. The van der Waals surface area contributed by atoms with Crippen molar-refractivity contribution in [1.29, 1.82) is 5.41 Å². The normalized spacial score (nSPS) is 15.5. The van der Waals surface area contributed by atoms with Crippen LogP contribution in [0.3, 0.4) is 0 Å². The molecule has 0 aromatic heterocycles. The van der Waals surface area contributed by atoms with Crippen molar-refractivity contribution >= 4 is 5.84 Å². The van der Waals surface area contributed by atoms with Gasteiger partial charge in [0, 0.05) is 31.3 Å². The second kappa shape index (κ2) is 6.68. The molecule has 4 heteroatoms. The summed E-state index contributed by atoms with van der Waals surface area (Å²) in [5, 5.41) is 16.5. The predicted octanol–water partition coefficient (Wildman–Crippen LogP) is 1.71. The van der Waals surface area contributed by atoms with Crippen molar-refractivity contribution in [2.75, 3.05) is 13.2 Å². The first-order valence-electron chi connectivity index (χ1n) is 6.99. The van der Waals surface area contributed by atoms with Crippen LogP contribution in [0.5, 0.6) is 0 Å². The van der Waals surface area contributed by atoms with Crippen LogP contribution in [0.1, 0.15) is 36.8 Å². The highest BCUT2D eigenvalue weighted by Crippen LogP contribution is 2.26. The van der Waals surface area contributed by atoms with Gasteiger partial charge in [0.2, 0.25) is 0 Å². The van der Waals surface area contributed by atoms with Crippen LogP contribution >= 0.6 is 0 Å². The Hall–Kier alpha value is -1.39. The number of nitrogen functional groups attached to an aromatic ring is 1. The summed E-state index contributed by atoms with van der Waals surface area (Å²) in [4.78, 5) is 2.44. The van der Waals surface area contributed by atoms with Gasteiger partial charge in [0.25, 0.3) is 0 Å². The minimum Gasteiger partial charge on any atom is -0.396 e. The molecule has 104 valence electrons. The Morgan fingerprint density at radius 2 is 2.21 bits per heavy atom. The van der Waals surface area contributed by atoms with Gasteiger partial charge in [-0.2, -0.15) is 0 Å². The maximum Gasteiger partial charge on any atom is 0.122 e. The summed E-state index contributed by atoms with van der Waals surface area (Å²) in [5.41, 5.74) is 7.50. The van der Waals surface area contributed by atoms with E-state index in [2.05, 4.69) is 11.0 Å². The molecule has 0 radical (unpaired) electrons. The molecule has 0 aliphatic heterocycles. The lowest BCUT2D eigenvalue weighted by Gasteiger charge is -2.37. The first-order chi connectivity index (χ1) is 9.20. The molecule has 19 heavy (non-hydrogen) atoms. The highest BCUT2D eigenvalue weighted by molar-refractivity contribution is 5.95. The van der Waals surface area contributed by atoms with E-state index in [1.54, 1.807) is 0 Å². The van der Waals surface area contributed by atoms with Crippen LogP contribution < -0.4 is 5.73 Å². The fourth-order valence-electron chi connectivity index (χ4n) is 2.49. The molecule has 1 aromatic carbocycles. The van der Waals surface area contributed by atoms with E-state index in [-0.39, 0.29) is 12.4 Å². The Labute approximate surface area is 114 Å². The van der Waals surface area contributed by atoms with E-state index >= 15 is 0 Å². The Morgan fingerprint density at radius 3 is 2.79 bits per heavy atom. The number of aliphatic hydroxyl groups is 1. The first kappa shape index (κ1) is 14.0. The molecule has 1 aliphatic carbocycles. The van der Waals surface area contributed by atoms with E-state index in [1.807, 2.05) is 18.2 Å². The SMILES string of the molecule is N=C(N)c1cccc(CN(CCCO)C2CCC2)c1. The number of amidine groups is 1. The Morgan fingerprint density at radius 1 is 1.42 bits per heavy atom. The Kier molecular flexibility index (Phi) is 4.93. The third-order valence-electron chi connectivity index (χ3n) is 3.82. The lowest BCUT2D eigenvalue weighted by atomic mass is 9.91. The second-order valence-corrected chi connectivity index (χ2v) is 5.25. The van der Waals surface area contributed by atoms with Crippen LogP contribution in [0, 0.1) is 5.41 Å². The van der Waals surface area contributed by atoms with Gasteiger partial charge in [0.05, 0.1) is 0 Å². The summed E-state index contributed by atoms with van der Waals surface area (Å²) in [6, 6.07) is 8.56. The fraction of sp³-hybridized carbons (Fsp3) is 0.533. The van der Waals surface area contributed by atoms with Gasteiger partial charge in [0.15, 0.2) is 0 Å². The Balaban J connectivity index is 2.02. The molecule has 0 atom stereocenters. The third kappa shape index (κ3) is 3.78. The molecule has 2 rings (SSSR count). The number of nitrogens with two attached hydrogens (primary N) is 1. The zero-order chi connectivity index (χ0) is 13.7. The van der Waals surface area contributed by atoms with Gasteiger partial charge >= 0.3 is 0 Å². The minimum atomic E-state index is 0.118. The van der Waals surface area contributed by atoms with Crippen LogP contribution in [0.15, 0.2) is 24.3 Å². The molecule has 1 aromatic rings. The topological polar surface area (TPSA) is 73.3 Å². The number of rotatable bonds is 7. The standard InChI is InChI=1S/C15H23N3O/c16-15(17)13-5-1-4-12(10-13)11-18(8-3-9-19)14-6-2-7-14/h1,4-5,10,14,19H,2-3,6-9,11H2,(H3,16,17). The number of hydrogen-bond donors (Lipinski definition) is 3. The van der Waals surface area contributed by atoms with Gasteiger partial charge in [-0.3, -0.25) is 10.3 Å². The van der Waals surface area contributed by atoms with Crippen molar-refractivity contribution in [3.63, 3.8) is 0 Å². The summed E-state index contributed by atoms with van der Waals surface area (Å²) in [5.74, 6) is 0.118. The first-order valence-corrected chi connectivity index (χ1v) is 6.99. The molecular weight excluding hydrogens is 238 g/mol. The van der Waals surface area contributed by atoms with E-state index in [0.29, 0.717) is 6.04 Å². The van der Waals surface area contributed by atoms with Gasteiger partial charge in [-0.05, 0) is 30.9 Å². The van der Waals surface area contributed by atoms with E-state index in [0.717, 1.165) is 25.1 Å². The quantitative estimate of drug-likeness (QED) is 0.517. The van der Waals surface area contributed by atoms with E-state index in [4.69, 9.17) is 16.2 Å². The average molecular weight is 261 g/mol. The van der Waals surface area contributed by atoms with E-state index in [1.165, 1.54) is 24.8 Å². The van der Waals surface area contributed by atoms with Crippen molar-refractivity contribution in [2.45, 2.75) is 38.3 Å². The highest BCUT2D eigenvalue weighted by atomic mass is 16.3. The molecule has 4 nitrogen and oxygen atoms in total. The smallest absolute Gasteiger partial charge is 0.122 e. The van der Waals surface area contributed by atoms with Crippen LogP contribution in [0.25, 0.3) is 0 Å². The van der Waals surface area contributed by atoms with E-state index < -0.39 is 0 Å². The minimum absolute atomic E-state index is 0.118. The lowest BCUT2D eigenvalue weighted by Crippen LogP contribution is -2.40. The third-order valence-corrected chi connectivity index (χ3v) is 3.82. The van der Waals surface area contributed by atoms with Gasteiger partial charge in [-0.1, -0.05) is 24.6 Å². The van der Waals surface area contributed by atoms with Gasteiger partial charge in [0.1, 0.15) is 5.84 Å². The zero-order valence-corrected chi connectivity index (χ0v) is 11.3. The molecule has 1 saturated carbocycles. The van der Waals surface area contributed by atoms with Crippen molar-refractivity contribution < 1.29 is 5.11 Å². The summed E-state index contributed by atoms with van der Waals surface area (Å²) < 4.78 is 0. The van der Waals surface area contributed by atoms with Crippen molar-refractivity contribution in [2.24, 2.45) is 5.73 Å². The van der Waals surface area contributed by atoms with Crippen LogP contribution in [0.2, 0.25) is 0 Å². The Bertz CT molecular complexity index is 429. The molecular formula is C15H23N3O. The molecule has 0 amide bonds. The van der Waals surface area contributed by atoms with Gasteiger partial charge in [-0.15, -0.1) is 0 Å². The zero-order valence-electron chi connectivity index (χ0n) is 11.3. The summed E-state index contributed by atoms with van der Waals surface area (Å²) >= 11 is 0. The van der Waals surface area contributed by atoms with Crippen LogP contribution in [-0.4, -0.2) is 35.0 Å². The molecule has 4 N–H and O–H groups in total. The molecule has 0 saturated heterocycles. The number of aliphatic hydroxyl groups excluding tert-OH is 1. The van der Waals surface area contributed by atoms with Crippen molar-refractivity contribution in [3.05, 3.63) is 35.4 Å². The molecule has 0 unspecified atom stereocenters. The number of benzene rings is 1. The monoisotopic (exact) mass is 261 g/mol. The number of nitrogens with zero attached hydrogens (tertiary/aromatic N) is 1. The summed E-state index contributed by atoms with van der Waals surface area (Å²) in [6.07, 6.45) is 4.66. The molecule has 0 spiro atoms. The fourth-order valence-corrected chi connectivity index (χ4v) is 2.49. The predicted molar refractivity (Wildman–Crippen MR) is 77.2 cm³/mol. The average Bonchev–Trinajstić information content (AvgIpc) is 2.34. The largest absolute Gasteiger partial charge is 0.396 e. The number of nitrogens with one attached hydrogen (secondary N) is 1. The summed E-state index contributed by atoms with van der Waals surface area (Å²) in [6.45, 7) is 2.06. The summed E-state index contributed by atoms with van der Waals surface area (Å²) in [7, 11) is 0. The van der Waals surface area contributed by atoms with Gasteiger partial charge < -0.3 is 10.8 Å². The van der Waals surface area contributed by atoms with Crippen molar-refractivity contribution in [3.8, 4) is 0 Å². The lowest BCUT2D eigenvalue weighted by molar-refractivity contribution is 0.109. The second-order valence-electron chi connectivity index (χ2n) is 5.25. The van der Waals surface area contributed by atoms with Crippen molar-refractivity contribution in [1.82, 2.24) is 4.90 Å². The van der Waals surface area contributed by atoms with Crippen LogP contribution in [-0.2, 0) is 6.54 Å². The van der Waals surface area contributed by atoms with E-state index in [9.17, 15) is 0 Å². The maximum atomic E-state index is 9.00.